The van der Waals surface area contributed by atoms with Crippen molar-refractivity contribution in [2.75, 3.05) is 12.4 Å². The second kappa shape index (κ2) is 6.75. The number of carbonyl (C=O) groups excluding carboxylic acids is 1. The predicted molar refractivity (Wildman–Crippen MR) is 93.0 cm³/mol. The molecule has 1 aromatic heterocycles. The van der Waals surface area contributed by atoms with E-state index in [0.717, 1.165) is 22.5 Å². The Bertz CT molecular complexity index is 817. The third-order valence-corrected chi connectivity index (χ3v) is 4.35. The summed E-state index contributed by atoms with van der Waals surface area (Å²) >= 11 is 1.39. The van der Waals surface area contributed by atoms with Crippen molar-refractivity contribution in [1.29, 1.82) is 0 Å². The topological polar surface area (TPSA) is 67.0 Å². The number of benzene rings is 2. The first kappa shape index (κ1) is 15.4. The summed E-state index contributed by atoms with van der Waals surface area (Å²) in [7, 11) is 1.63. The van der Waals surface area contributed by atoms with E-state index in [9.17, 15) is 4.79 Å². The molecule has 2 N–H and O–H groups in total. The average Bonchev–Trinajstić information content (AvgIpc) is 2.96. The Labute approximate surface area is 138 Å². The molecule has 1 atom stereocenters. The number of hydrogen-bond donors (Lipinski definition) is 2. The molecule has 23 heavy (non-hydrogen) atoms. The number of rotatable bonds is 5. The Morgan fingerprint density at radius 1 is 1.26 bits per heavy atom. The Balaban J connectivity index is 1.69. The molecule has 0 fully saturated rings. The molecule has 0 spiro atoms. The number of H-pyrrole nitrogens is 1. The van der Waals surface area contributed by atoms with Crippen LogP contribution in [0, 0.1) is 0 Å². The van der Waals surface area contributed by atoms with Crippen molar-refractivity contribution >= 4 is 34.4 Å². The van der Waals surface area contributed by atoms with Crippen molar-refractivity contribution in [2.24, 2.45) is 0 Å². The maximum atomic E-state index is 12.2. The number of hydrogen-bond acceptors (Lipinski definition) is 4. The van der Waals surface area contributed by atoms with Crippen LogP contribution in [0.3, 0.4) is 0 Å². The summed E-state index contributed by atoms with van der Waals surface area (Å²) < 4.78 is 5.20. The first-order valence-electron chi connectivity index (χ1n) is 7.22. The number of anilines is 1. The fraction of sp³-hybridized carbons (Fsp3) is 0.176. The van der Waals surface area contributed by atoms with Crippen molar-refractivity contribution in [3.8, 4) is 5.75 Å². The molecule has 0 bridgehead atoms. The van der Waals surface area contributed by atoms with Crippen molar-refractivity contribution in [3.63, 3.8) is 0 Å². The highest BCUT2D eigenvalue weighted by Crippen LogP contribution is 2.26. The molecule has 0 saturated heterocycles. The van der Waals surface area contributed by atoms with E-state index < -0.39 is 0 Å². The van der Waals surface area contributed by atoms with Gasteiger partial charge in [0.2, 0.25) is 5.91 Å². The van der Waals surface area contributed by atoms with Crippen molar-refractivity contribution in [1.82, 2.24) is 9.97 Å². The quantitative estimate of drug-likeness (QED) is 0.701. The van der Waals surface area contributed by atoms with Gasteiger partial charge >= 0.3 is 0 Å². The summed E-state index contributed by atoms with van der Waals surface area (Å²) in [5.41, 5.74) is 2.53. The number of para-hydroxylation sites is 1. The monoisotopic (exact) mass is 327 g/mol. The molecule has 2 aromatic carbocycles. The van der Waals surface area contributed by atoms with E-state index in [1.807, 2.05) is 55.5 Å². The molecule has 0 aliphatic heterocycles. The summed E-state index contributed by atoms with van der Waals surface area (Å²) in [5.74, 6) is 0.715. The lowest BCUT2D eigenvalue weighted by Gasteiger charge is -2.10. The first-order chi connectivity index (χ1) is 11.2. The Hall–Kier alpha value is -2.47. The van der Waals surface area contributed by atoms with Crippen LogP contribution in [-0.2, 0) is 4.79 Å². The number of nitrogens with one attached hydrogen (secondary N) is 2. The number of aromatic nitrogens is 2. The zero-order chi connectivity index (χ0) is 16.2. The van der Waals surface area contributed by atoms with Gasteiger partial charge in [-0.15, -0.1) is 0 Å². The Morgan fingerprint density at radius 3 is 2.78 bits per heavy atom. The third-order valence-electron chi connectivity index (χ3n) is 3.37. The van der Waals surface area contributed by atoms with E-state index in [4.69, 9.17) is 4.74 Å². The molecule has 0 saturated carbocycles. The molecule has 0 radical (unpaired) electrons. The summed E-state index contributed by atoms with van der Waals surface area (Å²) in [6, 6.07) is 15.1. The van der Waals surface area contributed by atoms with Crippen LogP contribution >= 0.6 is 11.8 Å². The van der Waals surface area contributed by atoms with Gasteiger partial charge in [0.1, 0.15) is 5.75 Å². The lowest BCUT2D eigenvalue weighted by molar-refractivity contribution is -0.115. The number of fused-ring (bicyclic) bond motifs is 1. The zero-order valence-corrected chi connectivity index (χ0v) is 13.7. The van der Waals surface area contributed by atoms with Crippen LogP contribution in [0.15, 0.2) is 53.7 Å². The summed E-state index contributed by atoms with van der Waals surface area (Å²) in [6.45, 7) is 1.86. The molecule has 3 rings (SSSR count). The van der Waals surface area contributed by atoms with Crippen LogP contribution in [0.1, 0.15) is 6.92 Å². The number of methoxy groups -OCH3 is 1. The van der Waals surface area contributed by atoms with Gasteiger partial charge in [-0.1, -0.05) is 30.0 Å². The van der Waals surface area contributed by atoms with Crippen LogP contribution in [0.4, 0.5) is 5.69 Å². The fourth-order valence-electron chi connectivity index (χ4n) is 2.13. The van der Waals surface area contributed by atoms with Crippen LogP contribution < -0.4 is 10.1 Å². The number of ether oxygens (including phenoxy) is 1. The largest absolute Gasteiger partial charge is 0.497 e. The minimum Gasteiger partial charge on any atom is -0.497 e. The second-order valence-electron chi connectivity index (χ2n) is 5.04. The van der Waals surface area contributed by atoms with Gasteiger partial charge in [-0.25, -0.2) is 4.98 Å². The summed E-state index contributed by atoms with van der Waals surface area (Å²) in [6.07, 6.45) is 0. The van der Waals surface area contributed by atoms with E-state index >= 15 is 0 Å². The van der Waals surface area contributed by atoms with Gasteiger partial charge in [0, 0.05) is 11.8 Å². The molecular formula is C17H17N3O2S. The molecule has 5 nitrogen and oxygen atoms in total. The van der Waals surface area contributed by atoms with Gasteiger partial charge in [-0.05, 0) is 31.2 Å². The third kappa shape index (κ3) is 3.65. The summed E-state index contributed by atoms with van der Waals surface area (Å²) in [5, 5.41) is 3.34. The first-order valence-corrected chi connectivity index (χ1v) is 8.10. The Kier molecular flexibility index (Phi) is 4.52. The highest BCUT2D eigenvalue weighted by molar-refractivity contribution is 8.00. The SMILES string of the molecule is COc1ccc2nc(S[C@H](C)C(=O)Nc3ccccc3)[nH]c2c1. The molecule has 0 aliphatic carbocycles. The minimum absolute atomic E-state index is 0.0563. The van der Waals surface area contributed by atoms with Gasteiger partial charge in [0.05, 0.1) is 23.4 Å². The van der Waals surface area contributed by atoms with Gasteiger partial charge in [-0.2, -0.15) is 0 Å². The number of carbonyl (C=O) groups is 1. The fourth-order valence-corrected chi connectivity index (χ4v) is 2.96. The molecule has 0 aliphatic rings. The highest BCUT2D eigenvalue weighted by Gasteiger charge is 2.16. The van der Waals surface area contributed by atoms with Gasteiger partial charge in [0.15, 0.2) is 5.16 Å². The van der Waals surface area contributed by atoms with E-state index in [0.29, 0.717) is 5.16 Å². The van der Waals surface area contributed by atoms with Crippen LogP contribution in [0.2, 0.25) is 0 Å². The number of thioether (sulfide) groups is 1. The molecule has 1 heterocycles. The van der Waals surface area contributed by atoms with Crippen molar-refractivity contribution in [2.45, 2.75) is 17.3 Å². The number of aromatic amines is 1. The minimum atomic E-state index is -0.266. The lowest BCUT2D eigenvalue weighted by atomic mass is 10.3. The highest BCUT2D eigenvalue weighted by atomic mass is 32.2. The lowest BCUT2D eigenvalue weighted by Crippen LogP contribution is -2.22. The van der Waals surface area contributed by atoms with Crippen LogP contribution in [-0.4, -0.2) is 28.2 Å². The zero-order valence-electron chi connectivity index (χ0n) is 12.9. The van der Waals surface area contributed by atoms with E-state index in [1.165, 1.54) is 11.8 Å². The molecule has 118 valence electrons. The van der Waals surface area contributed by atoms with Crippen LogP contribution in [0.25, 0.3) is 11.0 Å². The molecule has 0 unspecified atom stereocenters. The maximum Gasteiger partial charge on any atom is 0.237 e. The Morgan fingerprint density at radius 2 is 2.04 bits per heavy atom. The normalized spacial score (nSPS) is 12.1. The predicted octanol–water partition coefficient (Wildman–Crippen LogP) is 3.69. The van der Waals surface area contributed by atoms with Crippen LogP contribution in [0.5, 0.6) is 5.75 Å². The maximum absolute atomic E-state index is 12.2. The van der Waals surface area contributed by atoms with E-state index in [-0.39, 0.29) is 11.2 Å². The average molecular weight is 327 g/mol. The smallest absolute Gasteiger partial charge is 0.237 e. The van der Waals surface area contributed by atoms with Gasteiger partial charge < -0.3 is 15.0 Å². The molecule has 6 heteroatoms. The molecule has 3 aromatic rings. The molecule has 1 amide bonds. The van der Waals surface area contributed by atoms with Crippen molar-refractivity contribution < 1.29 is 9.53 Å². The number of nitrogens with zero attached hydrogens (tertiary/aromatic N) is 1. The molecular weight excluding hydrogens is 310 g/mol. The van der Waals surface area contributed by atoms with Gasteiger partial charge in [-0.3, -0.25) is 4.79 Å². The second-order valence-corrected chi connectivity index (χ2v) is 6.37. The van der Waals surface area contributed by atoms with Gasteiger partial charge in [0.25, 0.3) is 0 Å². The standard InChI is InChI=1S/C17H17N3O2S/c1-11(16(21)18-12-6-4-3-5-7-12)23-17-19-14-9-8-13(22-2)10-15(14)20-17/h3-11H,1-2H3,(H,18,21)(H,19,20)/t11-/m1/s1. The van der Waals surface area contributed by atoms with E-state index in [2.05, 4.69) is 15.3 Å². The number of amides is 1. The van der Waals surface area contributed by atoms with E-state index in [1.54, 1.807) is 7.11 Å². The summed E-state index contributed by atoms with van der Waals surface area (Å²) in [4.78, 5) is 19.9. The van der Waals surface area contributed by atoms with Crippen molar-refractivity contribution in [3.05, 3.63) is 48.5 Å². The number of imidazole rings is 1.